The van der Waals surface area contributed by atoms with Crippen LogP contribution in [-0.4, -0.2) is 38.8 Å². The van der Waals surface area contributed by atoms with Crippen molar-refractivity contribution < 1.29 is 24.1 Å². The summed E-state index contributed by atoms with van der Waals surface area (Å²) in [6.07, 6.45) is 5.46. The van der Waals surface area contributed by atoms with E-state index < -0.39 is 23.7 Å². The number of hydrogen-bond donors (Lipinski definition) is 1. The van der Waals surface area contributed by atoms with E-state index in [9.17, 15) is 14.7 Å². The first-order chi connectivity index (χ1) is 11.7. The van der Waals surface area contributed by atoms with Crippen LogP contribution in [0.2, 0.25) is 0 Å². The maximum atomic E-state index is 11.7. The van der Waals surface area contributed by atoms with E-state index in [1.165, 1.54) is 10.9 Å². The minimum absolute atomic E-state index is 0.114. The highest BCUT2D eigenvalue weighted by Crippen LogP contribution is 2.09. The summed E-state index contributed by atoms with van der Waals surface area (Å²) in [6, 6.07) is 2.11. The fourth-order valence-electron chi connectivity index (χ4n) is 1.89. The van der Waals surface area contributed by atoms with Crippen LogP contribution in [0.5, 0.6) is 0 Å². The van der Waals surface area contributed by atoms with Gasteiger partial charge in [0.05, 0.1) is 5.97 Å². The smallest absolute Gasteiger partial charge is 0.408 e. The number of amides is 1. The van der Waals surface area contributed by atoms with Gasteiger partial charge in [-0.1, -0.05) is 4.68 Å². The van der Waals surface area contributed by atoms with Gasteiger partial charge in [-0.2, -0.15) is 0 Å². The summed E-state index contributed by atoms with van der Waals surface area (Å²) in [6.45, 7) is 4.93. The number of ether oxygens (including phenoxy) is 1. The van der Waals surface area contributed by atoms with Gasteiger partial charge in [0.25, 0.3) is 0 Å². The van der Waals surface area contributed by atoms with Gasteiger partial charge in [0, 0.05) is 24.0 Å². The van der Waals surface area contributed by atoms with E-state index in [-0.39, 0.29) is 6.54 Å². The summed E-state index contributed by atoms with van der Waals surface area (Å²) in [4.78, 5) is 31.2. The number of carbonyl (C=O) groups is 2. The number of hydrogen-bond acceptors (Lipinski definition) is 7. The highest BCUT2D eigenvalue weighted by molar-refractivity contribution is 5.78. The molecular formula is C16H19N5O4. The molecule has 0 saturated heterocycles. The molecule has 0 spiro atoms. The van der Waals surface area contributed by atoms with Gasteiger partial charge in [0.15, 0.2) is 18.6 Å². The monoisotopic (exact) mass is 345 g/mol. The number of carboxylic acid groups (broad SMARTS) is 1. The second kappa shape index (κ2) is 7.65. The lowest BCUT2D eigenvalue weighted by Crippen LogP contribution is -2.57. The van der Waals surface area contributed by atoms with Gasteiger partial charge in [0.1, 0.15) is 17.8 Å². The first-order valence-corrected chi connectivity index (χ1v) is 7.58. The highest BCUT2D eigenvalue weighted by atomic mass is 16.6. The van der Waals surface area contributed by atoms with Gasteiger partial charge in [-0.25, -0.2) is 14.8 Å². The first kappa shape index (κ1) is 18.2. The largest absolute Gasteiger partial charge is 0.548 e. The molecule has 9 nitrogen and oxygen atoms in total. The van der Waals surface area contributed by atoms with Crippen molar-refractivity contribution in [2.45, 2.75) is 39.0 Å². The molecule has 2 heterocycles. The van der Waals surface area contributed by atoms with Gasteiger partial charge < -0.3 is 20.0 Å². The predicted octanol–water partition coefficient (Wildman–Crippen LogP) is -0.531. The number of aromatic nitrogens is 4. The molecule has 132 valence electrons. The predicted molar refractivity (Wildman–Crippen MR) is 83.6 cm³/mol. The van der Waals surface area contributed by atoms with E-state index in [0.29, 0.717) is 11.4 Å². The van der Waals surface area contributed by atoms with Gasteiger partial charge in [0.2, 0.25) is 0 Å². The summed E-state index contributed by atoms with van der Waals surface area (Å²) in [5.74, 6) is -0.930. The second-order valence-electron chi connectivity index (χ2n) is 6.23. The van der Waals surface area contributed by atoms with Crippen molar-refractivity contribution in [3.63, 3.8) is 0 Å². The van der Waals surface area contributed by atoms with Crippen LogP contribution in [-0.2, 0) is 16.1 Å². The van der Waals surface area contributed by atoms with Crippen molar-refractivity contribution in [3.05, 3.63) is 36.9 Å². The molecule has 0 aromatic carbocycles. The highest BCUT2D eigenvalue weighted by Gasteiger charge is 2.23. The first-order valence-electron chi connectivity index (χ1n) is 7.58. The number of nitrogens with one attached hydrogen (secondary N) is 1. The number of aliphatic carboxylic acids is 1. The molecule has 0 fully saturated rings. The van der Waals surface area contributed by atoms with E-state index in [2.05, 4.69) is 20.4 Å². The molecular weight excluding hydrogens is 326 g/mol. The maximum Gasteiger partial charge on any atom is 0.408 e. The van der Waals surface area contributed by atoms with Crippen LogP contribution in [0.25, 0.3) is 11.4 Å². The zero-order valence-electron chi connectivity index (χ0n) is 14.2. The Morgan fingerprint density at radius 3 is 2.52 bits per heavy atom. The molecule has 2 rings (SSSR count). The molecule has 2 aromatic heterocycles. The third-order valence-corrected chi connectivity index (χ3v) is 2.94. The van der Waals surface area contributed by atoms with E-state index >= 15 is 0 Å². The molecule has 1 atom stereocenters. The van der Waals surface area contributed by atoms with E-state index in [1.54, 1.807) is 51.5 Å². The lowest BCUT2D eigenvalue weighted by molar-refractivity contribution is -0.754. The lowest BCUT2D eigenvalue weighted by atomic mass is 10.2. The lowest BCUT2D eigenvalue weighted by Gasteiger charge is -2.22. The third kappa shape index (κ3) is 5.79. The average molecular weight is 345 g/mol. The Bertz CT molecular complexity index is 728. The third-order valence-electron chi connectivity index (χ3n) is 2.94. The standard InChI is InChI=1S/C16H19N5O4/c1-16(2,3)25-15(24)20-12(14(22)23)10-21-8-5-11(9-19-21)13-17-6-4-7-18-13/h4-9,12H,10H2,1-3H3,(H-,20,22,23,24)/t12-/m0/s1. The summed E-state index contributed by atoms with van der Waals surface area (Å²) in [5, 5.41) is 17.6. The van der Waals surface area contributed by atoms with Gasteiger partial charge in [-0.15, -0.1) is 0 Å². The normalized spacial score (nSPS) is 12.3. The minimum atomic E-state index is -1.43. The summed E-state index contributed by atoms with van der Waals surface area (Å²) in [5.41, 5.74) is -0.0505. The van der Waals surface area contributed by atoms with Crippen LogP contribution in [0.15, 0.2) is 36.9 Å². The minimum Gasteiger partial charge on any atom is -0.548 e. The fraction of sp³-hybridized carbons (Fsp3) is 0.375. The summed E-state index contributed by atoms with van der Waals surface area (Å²) < 4.78 is 6.41. The molecule has 2 aromatic rings. The van der Waals surface area contributed by atoms with Gasteiger partial charge in [-0.3, -0.25) is 0 Å². The van der Waals surface area contributed by atoms with Crippen molar-refractivity contribution in [1.29, 1.82) is 0 Å². The topological polar surface area (TPSA) is 121 Å². The quantitative estimate of drug-likeness (QED) is 0.723. The second-order valence-corrected chi connectivity index (χ2v) is 6.23. The zero-order chi connectivity index (χ0) is 18.4. The molecule has 0 saturated carbocycles. The number of alkyl carbamates (subject to hydrolysis) is 1. The Morgan fingerprint density at radius 1 is 1.32 bits per heavy atom. The van der Waals surface area contributed by atoms with Crippen molar-refractivity contribution in [2.24, 2.45) is 0 Å². The molecule has 0 unspecified atom stereocenters. The van der Waals surface area contributed by atoms with E-state index in [1.807, 2.05) is 0 Å². The van der Waals surface area contributed by atoms with E-state index in [0.717, 1.165) is 0 Å². The molecule has 0 aliphatic rings. The van der Waals surface area contributed by atoms with Crippen LogP contribution < -0.4 is 15.1 Å². The average Bonchev–Trinajstić information content (AvgIpc) is 2.54. The van der Waals surface area contributed by atoms with Crippen molar-refractivity contribution in [2.75, 3.05) is 0 Å². The zero-order valence-corrected chi connectivity index (χ0v) is 14.2. The Kier molecular flexibility index (Phi) is 5.58. The summed E-state index contributed by atoms with van der Waals surface area (Å²) in [7, 11) is 0. The van der Waals surface area contributed by atoms with Gasteiger partial charge in [-0.05, 0) is 31.9 Å². The van der Waals surface area contributed by atoms with Crippen LogP contribution in [0, 0.1) is 0 Å². The molecule has 0 aliphatic heterocycles. The Balaban J connectivity index is 2.04. The van der Waals surface area contributed by atoms with Crippen LogP contribution in [0.1, 0.15) is 20.8 Å². The Hall–Kier alpha value is -3.10. The Labute approximate surface area is 144 Å². The molecule has 1 amide bonds. The van der Waals surface area contributed by atoms with Crippen LogP contribution in [0.4, 0.5) is 4.79 Å². The van der Waals surface area contributed by atoms with Crippen molar-refractivity contribution >= 4 is 12.1 Å². The number of nitrogens with zero attached hydrogens (tertiary/aromatic N) is 4. The molecule has 0 aliphatic carbocycles. The Morgan fingerprint density at radius 2 is 2.00 bits per heavy atom. The van der Waals surface area contributed by atoms with Crippen LogP contribution in [0.3, 0.4) is 0 Å². The summed E-state index contributed by atoms with van der Waals surface area (Å²) >= 11 is 0. The van der Waals surface area contributed by atoms with E-state index in [4.69, 9.17) is 4.74 Å². The van der Waals surface area contributed by atoms with Crippen LogP contribution >= 0.6 is 0 Å². The van der Waals surface area contributed by atoms with Crippen molar-refractivity contribution in [1.82, 2.24) is 20.4 Å². The number of carbonyl (C=O) groups excluding carboxylic acids is 2. The van der Waals surface area contributed by atoms with Gasteiger partial charge >= 0.3 is 6.09 Å². The number of carboxylic acids is 1. The number of rotatable bonds is 5. The molecule has 0 bridgehead atoms. The molecule has 9 heteroatoms. The SMILES string of the molecule is CC(C)(C)OC(=O)N[C@@H](C[n+]1ccc(-c2ncccn2)cn1)C(=O)[O-]. The molecule has 0 radical (unpaired) electrons. The molecule has 1 N–H and O–H groups in total. The van der Waals surface area contributed by atoms with Crippen molar-refractivity contribution in [3.8, 4) is 11.4 Å². The molecule has 25 heavy (non-hydrogen) atoms. The maximum absolute atomic E-state index is 11.7. The fourth-order valence-corrected chi connectivity index (χ4v) is 1.89.